The number of benzene rings is 2. The van der Waals surface area contributed by atoms with Crippen molar-refractivity contribution in [2.24, 2.45) is 5.73 Å². The summed E-state index contributed by atoms with van der Waals surface area (Å²) < 4.78 is 4.06. The van der Waals surface area contributed by atoms with E-state index in [2.05, 4.69) is 21.8 Å². The molecule has 3 amide bonds. The van der Waals surface area contributed by atoms with Crippen LogP contribution >= 0.6 is 11.5 Å². The molecule has 2 aliphatic rings. The third-order valence-corrected chi connectivity index (χ3v) is 9.32. The van der Waals surface area contributed by atoms with Crippen molar-refractivity contribution >= 4 is 40.6 Å². The number of aromatic nitrogens is 1. The SMILES string of the molecule is Cc1ccc([C@H](C(=O)NC2CCCCC2)N(C(=O)c2snc(C(N)=O)c2N)c2ccc(C3CCCCC3)cc2)cc1. The van der Waals surface area contributed by atoms with Crippen molar-refractivity contribution in [3.63, 3.8) is 0 Å². The van der Waals surface area contributed by atoms with E-state index in [0.717, 1.165) is 55.6 Å². The molecule has 216 valence electrons. The third kappa shape index (κ3) is 6.45. The normalized spacial score (nSPS) is 17.1. The summed E-state index contributed by atoms with van der Waals surface area (Å²) in [5, 5.41) is 3.24. The van der Waals surface area contributed by atoms with Gasteiger partial charge in [-0.2, -0.15) is 4.37 Å². The highest BCUT2D eigenvalue weighted by molar-refractivity contribution is 7.09. The first-order valence-corrected chi connectivity index (χ1v) is 15.5. The second-order valence-corrected chi connectivity index (χ2v) is 12.2. The van der Waals surface area contributed by atoms with Crippen molar-refractivity contribution in [2.75, 3.05) is 10.6 Å². The Kier molecular flexibility index (Phi) is 9.03. The average molecular weight is 574 g/mol. The van der Waals surface area contributed by atoms with Gasteiger partial charge in [-0.15, -0.1) is 0 Å². The fourth-order valence-electron chi connectivity index (χ4n) is 6.16. The Morgan fingerprint density at radius 3 is 2.10 bits per heavy atom. The summed E-state index contributed by atoms with van der Waals surface area (Å²) in [6.07, 6.45) is 11.2. The van der Waals surface area contributed by atoms with E-state index in [-0.39, 0.29) is 28.2 Å². The van der Waals surface area contributed by atoms with E-state index in [1.807, 2.05) is 43.3 Å². The Hall–Kier alpha value is -3.72. The van der Waals surface area contributed by atoms with Crippen molar-refractivity contribution in [1.82, 2.24) is 9.69 Å². The van der Waals surface area contributed by atoms with E-state index >= 15 is 0 Å². The Labute approximate surface area is 245 Å². The summed E-state index contributed by atoms with van der Waals surface area (Å²) in [5.74, 6) is -1.04. The fourth-order valence-corrected chi connectivity index (χ4v) is 6.90. The molecule has 0 aliphatic heterocycles. The molecule has 0 unspecified atom stereocenters. The largest absolute Gasteiger partial charge is 0.395 e. The zero-order valence-corrected chi connectivity index (χ0v) is 24.4. The number of aryl methyl sites for hydroxylation is 1. The number of nitrogen functional groups attached to an aromatic ring is 1. The number of hydrogen-bond acceptors (Lipinski definition) is 6. The van der Waals surface area contributed by atoms with Gasteiger partial charge >= 0.3 is 0 Å². The first-order chi connectivity index (χ1) is 19.8. The van der Waals surface area contributed by atoms with E-state index in [0.29, 0.717) is 17.2 Å². The maximum absolute atomic E-state index is 14.4. The zero-order valence-electron chi connectivity index (χ0n) is 23.6. The second kappa shape index (κ2) is 12.9. The molecule has 0 saturated heterocycles. The standard InChI is InChI=1S/C32H39N5O3S/c1-20-12-14-23(15-13-20)28(31(39)35-24-10-6-3-7-11-24)37(32(40)29-26(33)27(30(34)38)36-41-29)25-18-16-22(17-19-25)21-8-4-2-5-9-21/h12-19,21,24,28H,2-11,33H2,1H3,(H2,34,38)(H,35,39)/t28-/m1/s1. The highest BCUT2D eigenvalue weighted by atomic mass is 32.1. The van der Waals surface area contributed by atoms with Crippen molar-refractivity contribution in [3.8, 4) is 0 Å². The van der Waals surface area contributed by atoms with Crippen molar-refractivity contribution in [2.45, 2.75) is 89.1 Å². The topological polar surface area (TPSA) is 131 Å². The smallest absolute Gasteiger partial charge is 0.273 e. The molecule has 5 N–H and O–H groups in total. The van der Waals surface area contributed by atoms with E-state index in [4.69, 9.17) is 11.5 Å². The Morgan fingerprint density at radius 2 is 1.51 bits per heavy atom. The van der Waals surface area contributed by atoms with Gasteiger partial charge in [0.2, 0.25) is 5.91 Å². The summed E-state index contributed by atoms with van der Waals surface area (Å²) in [5.41, 5.74) is 15.0. The van der Waals surface area contributed by atoms with Crippen LogP contribution in [0.5, 0.6) is 0 Å². The number of primary amides is 1. The lowest BCUT2D eigenvalue weighted by Crippen LogP contribution is -2.47. The summed E-state index contributed by atoms with van der Waals surface area (Å²) in [6.45, 7) is 1.98. The number of rotatable bonds is 8. The highest BCUT2D eigenvalue weighted by Gasteiger charge is 2.37. The number of amides is 3. The highest BCUT2D eigenvalue weighted by Crippen LogP contribution is 2.37. The van der Waals surface area contributed by atoms with Crippen LogP contribution in [-0.4, -0.2) is 28.1 Å². The van der Waals surface area contributed by atoms with Crippen molar-refractivity contribution in [3.05, 3.63) is 75.8 Å². The molecule has 41 heavy (non-hydrogen) atoms. The minimum atomic E-state index is -0.955. The number of carbonyl (C=O) groups is 3. The Morgan fingerprint density at radius 1 is 0.902 bits per heavy atom. The van der Waals surface area contributed by atoms with Crippen LogP contribution in [0.15, 0.2) is 48.5 Å². The second-order valence-electron chi connectivity index (χ2n) is 11.4. The van der Waals surface area contributed by atoms with Crippen LogP contribution in [0.25, 0.3) is 0 Å². The first kappa shape index (κ1) is 28.8. The number of nitrogens with one attached hydrogen (secondary N) is 1. The summed E-state index contributed by atoms with van der Waals surface area (Å²) in [4.78, 5) is 42.0. The molecule has 0 spiro atoms. The summed E-state index contributed by atoms with van der Waals surface area (Å²) >= 11 is 0.825. The lowest BCUT2D eigenvalue weighted by Gasteiger charge is -2.33. The molecular formula is C32H39N5O3S. The minimum absolute atomic E-state index is 0.0600. The third-order valence-electron chi connectivity index (χ3n) is 8.47. The van der Waals surface area contributed by atoms with Gasteiger partial charge in [0, 0.05) is 11.7 Å². The van der Waals surface area contributed by atoms with Crippen LogP contribution in [0.1, 0.15) is 113 Å². The molecular weight excluding hydrogens is 534 g/mol. The predicted molar refractivity (Wildman–Crippen MR) is 163 cm³/mol. The van der Waals surface area contributed by atoms with Crippen LogP contribution in [0.3, 0.4) is 0 Å². The van der Waals surface area contributed by atoms with E-state index < -0.39 is 17.9 Å². The molecule has 8 nitrogen and oxygen atoms in total. The molecule has 5 rings (SSSR count). The molecule has 0 bridgehead atoms. The molecule has 9 heteroatoms. The number of nitrogens with zero attached hydrogens (tertiary/aromatic N) is 2. The molecule has 1 aromatic heterocycles. The maximum Gasteiger partial charge on any atom is 0.273 e. The number of hydrogen-bond donors (Lipinski definition) is 3. The molecule has 2 fully saturated rings. The molecule has 2 saturated carbocycles. The van der Waals surface area contributed by atoms with Gasteiger partial charge in [0.05, 0.1) is 5.69 Å². The Bertz CT molecular complexity index is 1370. The van der Waals surface area contributed by atoms with Gasteiger partial charge in [-0.25, -0.2) is 0 Å². The lowest BCUT2D eigenvalue weighted by molar-refractivity contribution is -0.123. The van der Waals surface area contributed by atoms with Gasteiger partial charge in [0.25, 0.3) is 11.8 Å². The minimum Gasteiger partial charge on any atom is -0.395 e. The van der Waals surface area contributed by atoms with E-state index in [1.54, 1.807) is 0 Å². The molecule has 2 aliphatic carbocycles. The van der Waals surface area contributed by atoms with Crippen molar-refractivity contribution < 1.29 is 14.4 Å². The lowest BCUT2D eigenvalue weighted by atomic mass is 9.84. The molecule has 1 heterocycles. The molecule has 0 radical (unpaired) electrons. The average Bonchev–Trinajstić information content (AvgIpc) is 3.39. The fraction of sp³-hybridized carbons (Fsp3) is 0.438. The monoisotopic (exact) mass is 573 g/mol. The molecule has 3 aromatic rings. The van der Waals surface area contributed by atoms with Gasteiger partial charge in [0.15, 0.2) is 5.69 Å². The predicted octanol–water partition coefficient (Wildman–Crippen LogP) is 6.02. The van der Waals surface area contributed by atoms with Gasteiger partial charge in [-0.1, -0.05) is 80.5 Å². The van der Waals surface area contributed by atoms with Crippen molar-refractivity contribution in [1.29, 1.82) is 0 Å². The van der Waals surface area contributed by atoms with Gasteiger partial charge in [-0.3, -0.25) is 19.3 Å². The first-order valence-electron chi connectivity index (χ1n) is 14.7. The number of anilines is 2. The van der Waals surface area contributed by atoms with E-state index in [9.17, 15) is 14.4 Å². The van der Waals surface area contributed by atoms with Crippen LogP contribution in [0, 0.1) is 6.92 Å². The van der Waals surface area contributed by atoms with Gasteiger partial charge in [0.1, 0.15) is 10.9 Å². The van der Waals surface area contributed by atoms with E-state index in [1.165, 1.54) is 36.1 Å². The number of nitrogens with two attached hydrogens (primary N) is 2. The van der Waals surface area contributed by atoms with Gasteiger partial charge in [-0.05, 0) is 73.3 Å². The summed E-state index contributed by atoms with van der Waals surface area (Å²) in [7, 11) is 0. The van der Waals surface area contributed by atoms with Crippen LogP contribution in [0.2, 0.25) is 0 Å². The van der Waals surface area contributed by atoms with Crippen LogP contribution < -0.4 is 21.7 Å². The maximum atomic E-state index is 14.4. The van der Waals surface area contributed by atoms with Crippen LogP contribution in [0.4, 0.5) is 11.4 Å². The zero-order chi connectivity index (χ0) is 28.9. The quantitative estimate of drug-likeness (QED) is 0.303. The Balaban J connectivity index is 1.58. The summed E-state index contributed by atoms with van der Waals surface area (Å²) in [6, 6.07) is 14.8. The number of carbonyl (C=O) groups excluding carboxylic acids is 3. The molecule has 1 atom stereocenters. The molecule has 2 aromatic carbocycles. The van der Waals surface area contributed by atoms with Crippen LogP contribution in [-0.2, 0) is 4.79 Å². The van der Waals surface area contributed by atoms with Gasteiger partial charge < -0.3 is 16.8 Å².